The zero-order valence-corrected chi connectivity index (χ0v) is 10.6. The van der Waals surface area contributed by atoms with Gasteiger partial charge in [-0.25, -0.2) is 9.66 Å². The molecule has 4 N–H and O–H groups in total. The standard InChI is InChI=1S/C12H13F3N4O/c1-2-9-18-10(11(16)19(9)17)7-5-3-4-6-8(7)20-12(13,14)15/h3-6H,2,16-17H2,1H3. The molecule has 1 heterocycles. The van der Waals surface area contributed by atoms with Crippen LogP contribution in [0.25, 0.3) is 11.3 Å². The number of benzene rings is 1. The van der Waals surface area contributed by atoms with E-state index in [2.05, 4.69) is 9.72 Å². The molecule has 2 rings (SSSR count). The van der Waals surface area contributed by atoms with Crippen molar-refractivity contribution in [3.8, 4) is 17.0 Å². The smallest absolute Gasteiger partial charge is 0.405 e. The molecule has 0 atom stereocenters. The monoisotopic (exact) mass is 286 g/mol. The van der Waals surface area contributed by atoms with Crippen molar-refractivity contribution in [1.82, 2.24) is 9.66 Å². The Morgan fingerprint density at radius 1 is 1.30 bits per heavy atom. The number of hydrogen-bond donors (Lipinski definition) is 2. The maximum Gasteiger partial charge on any atom is 0.573 e. The summed E-state index contributed by atoms with van der Waals surface area (Å²) in [5.41, 5.74) is 6.09. The van der Waals surface area contributed by atoms with Crippen molar-refractivity contribution in [2.75, 3.05) is 11.6 Å². The molecule has 0 aliphatic carbocycles. The molecule has 0 bridgehead atoms. The van der Waals surface area contributed by atoms with Crippen molar-refractivity contribution in [3.63, 3.8) is 0 Å². The normalized spacial score (nSPS) is 11.6. The number of hydrogen-bond acceptors (Lipinski definition) is 4. The highest BCUT2D eigenvalue weighted by Gasteiger charge is 2.32. The lowest BCUT2D eigenvalue weighted by molar-refractivity contribution is -0.274. The van der Waals surface area contributed by atoms with Gasteiger partial charge in [-0.05, 0) is 12.1 Å². The molecule has 0 unspecified atom stereocenters. The number of alkyl halides is 3. The molecule has 0 saturated carbocycles. The maximum atomic E-state index is 12.4. The number of anilines is 1. The zero-order valence-electron chi connectivity index (χ0n) is 10.6. The van der Waals surface area contributed by atoms with Crippen molar-refractivity contribution in [2.45, 2.75) is 19.7 Å². The van der Waals surface area contributed by atoms with Crippen LogP contribution < -0.4 is 16.3 Å². The topological polar surface area (TPSA) is 79.1 Å². The minimum absolute atomic E-state index is 0.0834. The van der Waals surface area contributed by atoms with Crippen LogP contribution in [0.15, 0.2) is 24.3 Å². The van der Waals surface area contributed by atoms with Gasteiger partial charge in [-0.1, -0.05) is 19.1 Å². The van der Waals surface area contributed by atoms with E-state index in [0.717, 1.165) is 4.68 Å². The van der Waals surface area contributed by atoms with Crippen molar-refractivity contribution in [3.05, 3.63) is 30.1 Å². The van der Waals surface area contributed by atoms with Crippen LogP contribution in [0, 0.1) is 0 Å². The molecule has 1 aromatic heterocycles. The molecule has 2 aromatic rings. The molecule has 0 radical (unpaired) electrons. The predicted octanol–water partition coefficient (Wildman–Crippen LogP) is 2.31. The molecule has 1 aromatic carbocycles. The SMILES string of the molecule is CCc1nc(-c2ccccc2OC(F)(F)F)c(N)n1N. The van der Waals surface area contributed by atoms with Gasteiger partial charge < -0.3 is 16.3 Å². The summed E-state index contributed by atoms with van der Waals surface area (Å²) >= 11 is 0. The number of para-hydroxylation sites is 1. The van der Waals surface area contributed by atoms with Crippen LogP contribution in [0.5, 0.6) is 5.75 Å². The Balaban J connectivity index is 2.53. The molecule has 0 amide bonds. The summed E-state index contributed by atoms with van der Waals surface area (Å²) in [6, 6.07) is 5.64. The molecule has 0 aliphatic rings. The average Bonchev–Trinajstić information content (AvgIpc) is 2.65. The second-order valence-electron chi connectivity index (χ2n) is 4.03. The summed E-state index contributed by atoms with van der Waals surface area (Å²) in [5.74, 6) is 5.88. The third-order valence-electron chi connectivity index (χ3n) is 2.71. The van der Waals surface area contributed by atoms with E-state index < -0.39 is 6.36 Å². The predicted molar refractivity (Wildman–Crippen MR) is 68.3 cm³/mol. The van der Waals surface area contributed by atoms with Crippen molar-refractivity contribution in [1.29, 1.82) is 0 Å². The van der Waals surface area contributed by atoms with Crippen LogP contribution in [0.3, 0.4) is 0 Å². The molecule has 0 aliphatic heterocycles. The number of imidazole rings is 1. The third kappa shape index (κ3) is 2.63. The van der Waals surface area contributed by atoms with Crippen LogP contribution in [0.2, 0.25) is 0 Å². The summed E-state index contributed by atoms with van der Waals surface area (Å²) in [4.78, 5) is 4.15. The van der Waals surface area contributed by atoms with E-state index >= 15 is 0 Å². The van der Waals surface area contributed by atoms with Crippen LogP contribution in [0.1, 0.15) is 12.7 Å². The van der Waals surface area contributed by atoms with E-state index in [9.17, 15) is 13.2 Å². The van der Waals surface area contributed by atoms with Gasteiger partial charge in [-0.3, -0.25) is 0 Å². The van der Waals surface area contributed by atoms with Crippen LogP contribution in [-0.2, 0) is 6.42 Å². The van der Waals surface area contributed by atoms with Crippen molar-refractivity contribution >= 4 is 5.82 Å². The summed E-state index contributed by atoms with van der Waals surface area (Å²) in [5, 5.41) is 0. The van der Waals surface area contributed by atoms with Crippen LogP contribution >= 0.6 is 0 Å². The number of rotatable bonds is 3. The Labute approximate surface area is 112 Å². The van der Waals surface area contributed by atoms with Gasteiger partial charge in [0.2, 0.25) is 0 Å². The summed E-state index contributed by atoms with van der Waals surface area (Å²) in [6.45, 7) is 1.81. The fourth-order valence-corrected chi connectivity index (χ4v) is 1.82. The zero-order chi connectivity index (χ0) is 14.9. The summed E-state index contributed by atoms with van der Waals surface area (Å²) in [7, 11) is 0. The number of aryl methyl sites for hydroxylation is 1. The number of ether oxygens (including phenoxy) is 1. The Bertz CT molecular complexity index is 622. The first-order valence-electron chi connectivity index (χ1n) is 5.80. The fraction of sp³-hybridized carbons (Fsp3) is 0.250. The highest BCUT2D eigenvalue weighted by atomic mass is 19.4. The molecule has 0 spiro atoms. The molecular weight excluding hydrogens is 273 g/mol. The minimum atomic E-state index is -4.79. The molecule has 0 saturated heterocycles. The highest BCUT2D eigenvalue weighted by molar-refractivity contribution is 5.76. The number of nitrogen functional groups attached to an aromatic ring is 2. The van der Waals surface area contributed by atoms with E-state index in [1.54, 1.807) is 6.07 Å². The average molecular weight is 286 g/mol. The first-order chi connectivity index (χ1) is 9.33. The lowest BCUT2D eigenvalue weighted by Gasteiger charge is -2.12. The molecule has 108 valence electrons. The van der Waals surface area contributed by atoms with Gasteiger partial charge in [-0.15, -0.1) is 13.2 Å². The largest absolute Gasteiger partial charge is 0.573 e. The van der Waals surface area contributed by atoms with E-state index in [4.69, 9.17) is 11.6 Å². The molecule has 5 nitrogen and oxygen atoms in total. The number of aromatic nitrogens is 2. The lowest BCUT2D eigenvalue weighted by Crippen LogP contribution is -2.17. The molecule has 20 heavy (non-hydrogen) atoms. The summed E-state index contributed by atoms with van der Waals surface area (Å²) in [6.07, 6.45) is -4.28. The lowest BCUT2D eigenvalue weighted by atomic mass is 10.1. The second-order valence-corrected chi connectivity index (χ2v) is 4.03. The molecule has 8 heteroatoms. The Hall–Kier alpha value is -2.38. The van der Waals surface area contributed by atoms with E-state index in [1.807, 2.05) is 6.92 Å². The van der Waals surface area contributed by atoms with E-state index in [-0.39, 0.29) is 22.8 Å². The van der Waals surface area contributed by atoms with Gasteiger partial charge in [-0.2, -0.15) is 0 Å². The number of nitrogens with two attached hydrogens (primary N) is 2. The summed E-state index contributed by atoms with van der Waals surface area (Å²) < 4.78 is 42.3. The minimum Gasteiger partial charge on any atom is -0.405 e. The quantitative estimate of drug-likeness (QED) is 0.849. The molecule has 0 fully saturated rings. The Morgan fingerprint density at radius 3 is 2.50 bits per heavy atom. The van der Waals surface area contributed by atoms with Gasteiger partial charge in [0.1, 0.15) is 17.3 Å². The van der Waals surface area contributed by atoms with Gasteiger partial charge in [0.25, 0.3) is 0 Å². The maximum absolute atomic E-state index is 12.4. The van der Waals surface area contributed by atoms with Gasteiger partial charge in [0.05, 0.1) is 0 Å². The van der Waals surface area contributed by atoms with E-state index in [1.165, 1.54) is 18.2 Å². The van der Waals surface area contributed by atoms with Crippen molar-refractivity contribution in [2.24, 2.45) is 0 Å². The third-order valence-corrected chi connectivity index (χ3v) is 2.71. The van der Waals surface area contributed by atoms with Gasteiger partial charge >= 0.3 is 6.36 Å². The van der Waals surface area contributed by atoms with Crippen LogP contribution in [-0.4, -0.2) is 16.0 Å². The van der Waals surface area contributed by atoms with Gasteiger partial charge in [0.15, 0.2) is 5.82 Å². The highest BCUT2D eigenvalue weighted by Crippen LogP contribution is 2.35. The fourth-order valence-electron chi connectivity index (χ4n) is 1.82. The van der Waals surface area contributed by atoms with E-state index in [0.29, 0.717) is 12.2 Å². The van der Waals surface area contributed by atoms with Crippen molar-refractivity contribution < 1.29 is 17.9 Å². The molecular formula is C12H13F3N4O. The first kappa shape index (κ1) is 14.0. The second kappa shape index (κ2) is 4.95. The Kier molecular flexibility index (Phi) is 3.47. The number of halogens is 3. The number of nitrogens with zero attached hydrogens (tertiary/aromatic N) is 2. The van der Waals surface area contributed by atoms with Crippen LogP contribution in [0.4, 0.5) is 19.0 Å². The van der Waals surface area contributed by atoms with Gasteiger partial charge in [0, 0.05) is 12.0 Å². The first-order valence-corrected chi connectivity index (χ1v) is 5.80. The Morgan fingerprint density at radius 2 is 1.95 bits per heavy atom.